The Kier molecular flexibility index (Phi) is 0.770. The van der Waals surface area contributed by atoms with Gasteiger partial charge in [0.25, 0.3) is 0 Å². The van der Waals surface area contributed by atoms with E-state index in [1.54, 1.807) is 0 Å². The lowest BCUT2D eigenvalue weighted by molar-refractivity contribution is 0.340. The maximum absolute atomic E-state index is 5.30. The maximum atomic E-state index is 5.30. The molecule has 0 aromatic carbocycles. The van der Waals surface area contributed by atoms with Crippen LogP contribution >= 0.6 is 0 Å². The van der Waals surface area contributed by atoms with E-state index in [1.807, 2.05) is 0 Å². The van der Waals surface area contributed by atoms with Crippen LogP contribution in [-0.4, -0.2) is 12.2 Å². The zero-order valence-corrected chi connectivity index (χ0v) is 5.00. The average Bonchev–Trinajstić information content (AvgIpc) is 2.45. The van der Waals surface area contributed by atoms with Crippen LogP contribution in [0.5, 0.6) is 0 Å². The van der Waals surface area contributed by atoms with Crippen molar-refractivity contribution in [2.24, 2.45) is 5.92 Å². The van der Waals surface area contributed by atoms with E-state index in [9.17, 15) is 0 Å². The summed E-state index contributed by atoms with van der Waals surface area (Å²) < 4.78 is 5.30. The summed E-state index contributed by atoms with van der Waals surface area (Å²) in [5.41, 5.74) is 0. The summed E-state index contributed by atoms with van der Waals surface area (Å²) in [6, 6.07) is 0. The number of fused-ring (bicyclic) bond motifs is 1. The fraction of sp³-hybridized carbons (Fsp3) is 0.714. The van der Waals surface area contributed by atoms with Crippen LogP contribution in [0.15, 0.2) is 12.2 Å². The molecule has 2 rings (SSSR count). The highest BCUT2D eigenvalue weighted by Gasteiger charge is 2.42. The minimum absolute atomic E-state index is 0.499. The molecule has 0 saturated carbocycles. The van der Waals surface area contributed by atoms with E-state index in [0.29, 0.717) is 12.2 Å². The fourth-order valence-corrected chi connectivity index (χ4v) is 1.31. The highest BCUT2D eigenvalue weighted by molar-refractivity contribution is 5.09. The molecule has 0 aromatic rings. The second-order valence-corrected chi connectivity index (χ2v) is 2.71. The van der Waals surface area contributed by atoms with Crippen LogP contribution in [0.25, 0.3) is 0 Å². The number of hydrogen-bond acceptors (Lipinski definition) is 1. The van der Waals surface area contributed by atoms with Gasteiger partial charge in [-0.2, -0.15) is 0 Å². The van der Waals surface area contributed by atoms with Crippen LogP contribution in [-0.2, 0) is 4.74 Å². The van der Waals surface area contributed by atoms with Gasteiger partial charge in [-0.3, -0.25) is 0 Å². The van der Waals surface area contributed by atoms with Gasteiger partial charge in [-0.25, -0.2) is 0 Å². The maximum Gasteiger partial charge on any atom is 0.103 e. The molecular weight excluding hydrogens is 100 g/mol. The first-order valence-electron chi connectivity index (χ1n) is 3.20. The van der Waals surface area contributed by atoms with Crippen molar-refractivity contribution in [1.82, 2.24) is 0 Å². The molecule has 2 aliphatic rings. The summed E-state index contributed by atoms with van der Waals surface area (Å²) in [6.07, 6.45) is 6.68. The van der Waals surface area contributed by atoms with Crippen LogP contribution in [0.1, 0.15) is 13.3 Å². The molecule has 1 aliphatic carbocycles. The number of rotatable bonds is 0. The van der Waals surface area contributed by atoms with Crippen molar-refractivity contribution in [2.45, 2.75) is 25.6 Å². The normalized spacial score (nSPS) is 50.9. The predicted molar refractivity (Wildman–Crippen MR) is 31.6 cm³/mol. The Balaban J connectivity index is 2.13. The van der Waals surface area contributed by atoms with E-state index in [-0.39, 0.29) is 0 Å². The van der Waals surface area contributed by atoms with E-state index in [1.165, 1.54) is 6.42 Å². The molecule has 1 saturated heterocycles. The highest BCUT2D eigenvalue weighted by atomic mass is 16.6. The molecule has 44 valence electrons. The van der Waals surface area contributed by atoms with E-state index in [4.69, 9.17) is 4.74 Å². The number of allylic oxidation sites excluding steroid dienone is 1. The van der Waals surface area contributed by atoms with Gasteiger partial charge in [-0.05, 0) is 12.3 Å². The third kappa shape index (κ3) is 0.511. The monoisotopic (exact) mass is 110 g/mol. The Bertz CT molecular complexity index is 128. The Hall–Kier alpha value is -0.300. The summed E-state index contributed by atoms with van der Waals surface area (Å²) in [7, 11) is 0. The third-order valence-electron chi connectivity index (χ3n) is 1.96. The summed E-state index contributed by atoms with van der Waals surface area (Å²) in [5, 5.41) is 0. The lowest BCUT2D eigenvalue weighted by atomic mass is 9.97. The van der Waals surface area contributed by atoms with Gasteiger partial charge in [0.05, 0.1) is 6.10 Å². The van der Waals surface area contributed by atoms with Gasteiger partial charge in [0.2, 0.25) is 0 Å². The van der Waals surface area contributed by atoms with E-state index >= 15 is 0 Å². The largest absolute Gasteiger partial charge is 0.365 e. The second-order valence-electron chi connectivity index (χ2n) is 2.71. The van der Waals surface area contributed by atoms with Gasteiger partial charge in [-0.15, -0.1) is 0 Å². The van der Waals surface area contributed by atoms with Crippen molar-refractivity contribution in [2.75, 3.05) is 0 Å². The molecule has 0 N–H and O–H groups in total. The molecule has 0 radical (unpaired) electrons. The van der Waals surface area contributed by atoms with Crippen LogP contribution < -0.4 is 0 Å². The molecule has 0 aromatic heterocycles. The van der Waals surface area contributed by atoms with Crippen molar-refractivity contribution >= 4 is 0 Å². The molecule has 0 spiro atoms. The molecule has 3 atom stereocenters. The summed E-state index contributed by atoms with van der Waals surface area (Å²) in [4.78, 5) is 0. The van der Waals surface area contributed by atoms with Crippen molar-refractivity contribution in [3.8, 4) is 0 Å². The summed E-state index contributed by atoms with van der Waals surface area (Å²) in [6.45, 7) is 2.24. The molecule has 1 heteroatoms. The molecule has 1 unspecified atom stereocenters. The van der Waals surface area contributed by atoms with E-state index in [2.05, 4.69) is 19.1 Å². The Labute approximate surface area is 49.3 Å². The van der Waals surface area contributed by atoms with Gasteiger partial charge in [0.15, 0.2) is 0 Å². The number of ether oxygens (including phenoxy) is 1. The molecule has 1 fully saturated rings. The number of epoxide rings is 1. The van der Waals surface area contributed by atoms with Crippen molar-refractivity contribution < 1.29 is 4.74 Å². The SMILES string of the molecule is C[C@H]1CC=C[C@@H]2OC21. The lowest BCUT2D eigenvalue weighted by Gasteiger charge is -2.05. The van der Waals surface area contributed by atoms with Crippen molar-refractivity contribution in [3.05, 3.63) is 12.2 Å². The Morgan fingerprint density at radius 1 is 1.62 bits per heavy atom. The van der Waals surface area contributed by atoms with Gasteiger partial charge in [-0.1, -0.05) is 19.1 Å². The fourth-order valence-electron chi connectivity index (χ4n) is 1.31. The van der Waals surface area contributed by atoms with Gasteiger partial charge in [0.1, 0.15) is 6.10 Å². The molecule has 8 heavy (non-hydrogen) atoms. The summed E-state index contributed by atoms with van der Waals surface area (Å²) in [5.74, 6) is 0.769. The first kappa shape index (κ1) is 4.57. The Morgan fingerprint density at radius 3 is 3.12 bits per heavy atom. The van der Waals surface area contributed by atoms with Crippen molar-refractivity contribution in [3.63, 3.8) is 0 Å². The predicted octanol–water partition coefficient (Wildman–Crippen LogP) is 1.35. The topological polar surface area (TPSA) is 12.5 Å². The van der Waals surface area contributed by atoms with E-state index in [0.717, 1.165) is 5.92 Å². The van der Waals surface area contributed by atoms with E-state index < -0.39 is 0 Å². The minimum Gasteiger partial charge on any atom is -0.365 e. The molecule has 0 bridgehead atoms. The van der Waals surface area contributed by atoms with Crippen LogP contribution in [0.4, 0.5) is 0 Å². The third-order valence-corrected chi connectivity index (χ3v) is 1.96. The van der Waals surface area contributed by atoms with Crippen molar-refractivity contribution in [1.29, 1.82) is 0 Å². The standard InChI is InChI=1S/C7H10O/c1-5-3-2-4-6-7(5)8-6/h2,4-7H,3H2,1H3/t5-,6-,7?/m0/s1. The Morgan fingerprint density at radius 2 is 2.50 bits per heavy atom. The smallest absolute Gasteiger partial charge is 0.103 e. The molecule has 1 nitrogen and oxygen atoms in total. The zero-order chi connectivity index (χ0) is 5.56. The minimum atomic E-state index is 0.499. The number of hydrogen-bond donors (Lipinski definition) is 0. The van der Waals surface area contributed by atoms with Crippen LogP contribution in [0.3, 0.4) is 0 Å². The quantitative estimate of drug-likeness (QED) is 0.339. The lowest BCUT2D eigenvalue weighted by Crippen LogP contribution is -2.07. The second kappa shape index (κ2) is 1.35. The molecular formula is C7H10O. The zero-order valence-electron chi connectivity index (χ0n) is 5.00. The van der Waals surface area contributed by atoms with Gasteiger partial charge in [0, 0.05) is 0 Å². The summed E-state index contributed by atoms with van der Waals surface area (Å²) >= 11 is 0. The van der Waals surface area contributed by atoms with Crippen LogP contribution in [0.2, 0.25) is 0 Å². The highest BCUT2D eigenvalue weighted by Crippen LogP contribution is 2.35. The van der Waals surface area contributed by atoms with Gasteiger partial charge < -0.3 is 4.74 Å². The van der Waals surface area contributed by atoms with Gasteiger partial charge >= 0.3 is 0 Å². The first-order valence-corrected chi connectivity index (χ1v) is 3.20. The van der Waals surface area contributed by atoms with Crippen LogP contribution in [0, 0.1) is 5.92 Å². The first-order chi connectivity index (χ1) is 3.88. The molecule has 0 amide bonds. The average molecular weight is 110 g/mol. The molecule has 1 aliphatic heterocycles. The molecule has 1 heterocycles.